The summed E-state index contributed by atoms with van der Waals surface area (Å²) in [6.45, 7) is 0. The van der Waals surface area contributed by atoms with E-state index < -0.39 is 5.91 Å². The van der Waals surface area contributed by atoms with Crippen molar-refractivity contribution in [3.63, 3.8) is 0 Å². The van der Waals surface area contributed by atoms with Crippen molar-refractivity contribution in [1.29, 1.82) is 0 Å². The molecule has 0 saturated carbocycles. The summed E-state index contributed by atoms with van der Waals surface area (Å²) in [7, 11) is 0. The highest BCUT2D eigenvalue weighted by molar-refractivity contribution is 6.07. The molecule has 7 nitrogen and oxygen atoms in total. The number of anilines is 3. The first-order valence-corrected chi connectivity index (χ1v) is 6.37. The summed E-state index contributed by atoms with van der Waals surface area (Å²) < 4.78 is 13.2. The molecule has 1 aromatic carbocycles. The van der Waals surface area contributed by atoms with Crippen LogP contribution < -0.4 is 10.6 Å². The van der Waals surface area contributed by atoms with Gasteiger partial charge in [0.1, 0.15) is 18.0 Å². The Labute approximate surface area is 124 Å². The lowest BCUT2D eigenvalue weighted by molar-refractivity contribution is 0.102. The molecule has 2 heterocycles. The lowest BCUT2D eigenvalue weighted by Gasteiger charge is -2.10. The van der Waals surface area contributed by atoms with E-state index in [4.69, 9.17) is 0 Å². The van der Waals surface area contributed by atoms with Crippen molar-refractivity contribution < 1.29 is 9.18 Å². The van der Waals surface area contributed by atoms with E-state index >= 15 is 0 Å². The topological polar surface area (TPSA) is 95.6 Å². The predicted octanol–water partition coefficient (Wildman–Crippen LogP) is 2.33. The Morgan fingerprint density at radius 2 is 2.09 bits per heavy atom. The molecule has 0 bridgehead atoms. The molecule has 8 heteroatoms. The largest absolute Gasteiger partial charge is 0.339 e. The van der Waals surface area contributed by atoms with E-state index in [9.17, 15) is 9.18 Å². The highest BCUT2D eigenvalue weighted by Crippen LogP contribution is 2.19. The molecule has 3 aromatic rings. The Kier molecular flexibility index (Phi) is 3.73. The standard InChI is InChI=1S/C14H11FN6O/c15-9-3-1-4-10(7-9)19-12-11(5-2-6-16-12)13(22)20-14-17-8-18-21-14/h1-8H,(H,16,19)(H2,17,18,20,21,22). The molecule has 0 spiro atoms. The van der Waals surface area contributed by atoms with Gasteiger partial charge in [0.05, 0.1) is 5.56 Å². The number of halogens is 1. The zero-order chi connectivity index (χ0) is 15.4. The summed E-state index contributed by atoms with van der Waals surface area (Å²) in [4.78, 5) is 20.2. The summed E-state index contributed by atoms with van der Waals surface area (Å²) >= 11 is 0. The first-order chi connectivity index (χ1) is 10.7. The zero-order valence-corrected chi connectivity index (χ0v) is 11.2. The van der Waals surface area contributed by atoms with Gasteiger partial charge in [0.2, 0.25) is 5.95 Å². The smallest absolute Gasteiger partial charge is 0.261 e. The van der Waals surface area contributed by atoms with Gasteiger partial charge in [0.15, 0.2) is 0 Å². The van der Waals surface area contributed by atoms with Crippen LogP contribution in [0.25, 0.3) is 0 Å². The van der Waals surface area contributed by atoms with Crippen LogP contribution in [-0.4, -0.2) is 26.1 Å². The van der Waals surface area contributed by atoms with E-state index in [1.165, 1.54) is 24.7 Å². The molecule has 3 N–H and O–H groups in total. The molecule has 0 unspecified atom stereocenters. The monoisotopic (exact) mass is 298 g/mol. The van der Waals surface area contributed by atoms with Crippen LogP contribution in [0.1, 0.15) is 10.4 Å². The molecular weight excluding hydrogens is 287 g/mol. The number of H-pyrrole nitrogens is 1. The predicted molar refractivity (Wildman–Crippen MR) is 78.3 cm³/mol. The third-order valence-corrected chi connectivity index (χ3v) is 2.79. The van der Waals surface area contributed by atoms with Crippen LogP contribution in [0.3, 0.4) is 0 Å². The van der Waals surface area contributed by atoms with Crippen LogP contribution in [0.2, 0.25) is 0 Å². The molecule has 3 rings (SSSR count). The third-order valence-electron chi connectivity index (χ3n) is 2.79. The molecule has 1 amide bonds. The van der Waals surface area contributed by atoms with Gasteiger partial charge in [-0.25, -0.2) is 14.5 Å². The minimum atomic E-state index is -0.413. The van der Waals surface area contributed by atoms with Crippen molar-refractivity contribution in [1.82, 2.24) is 20.2 Å². The summed E-state index contributed by atoms with van der Waals surface area (Å²) in [6, 6.07) is 9.12. The molecule has 0 aliphatic heterocycles. The molecular formula is C14H11FN6O. The number of pyridine rings is 1. The second-order valence-electron chi connectivity index (χ2n) is 4.32. The van der Waals surface area contributed by atoms with Gasteiger partial charge in [-0.15, -0.1) is 0 Å². The van der Waals surface area contributed by atoms with E-state index in [0.717, 1.165) is 0 Å². The lowest BCUT2D eigenvalue weighted by Crippen LogP contribution is -2.15. The Hall–Kier alpha value is -3.29. The second kappa shape index (κ2) is 6.00. The average Bonchev–Trinajstić information content (AvgIpc) is 3.01. The Balaban J connectivity index is 1.85. The van der Waals surface area contributed by atoms with Crippen LogP contribution >= 0.6 is 0 Å². The fraction of sp³-hybridized carbons (Fsp3) is 0. The maximum Gasteiger partial charge on any atom is 0.261 e. The Morgan fingerprint density at radius 1 is 1.18 bits per heavy atom. The highest BCUT2D eigenvalue weighted by atomic mass is 19.1. The number of nitrogens with one attached hydrogen (secondary N) is 3. The summed E-state index contributed by atoms with van der Waals surface area (Å²) in [5.41, 5.74) is 0.788. The average molecular weight is 298 g/mol. The van der Waals surface area contributed by atoms with E-state index in [0.29, 0.717) is 17.1 Å². The molecule has 0 saturated heterocycles. The molecule has 110 valence electrons. The van der Waals surface area contributed by atoms with E-state index in [2.05, 4.69) is 30.8 Å². The van der Waals surface area contributed by atoms with Crippen molar-refractivity contribution >= 4 is 23.4 Å². The fourth-order valence-electron chi connectivity index (χ4n) is 1.83. The number of aromatic nitrogens is 4. The summed E-state index contributed by atoms with van der Waals surface area (Å²) in [5, 5.41) is 11.6. The number of carbonyl (C=O) groups is 1. The number of hydrogen-bond acceptors (Lipinski definition) is 5. The van der Waals surface area contributed by atoms with Crippen LogP contribution in [0.15, 0.2) is 48.9 Å². The van der Waals surface area contributed by atoms with Crippen molar-refractivity contribution in [3.8, 4) is 0 Å². The second-order valence-corrected chi connectivity index (χ2v) is 4.32. The number of aromatic amines is 1. The van der Waals surface area contributed by atoms with Gasteiger partial charge < -0.3 is 5.32 Å². The Bertz CT molecular complexity index is 790. The minimum absolute atomic E-state index is 0.227. The van der Waals surface area contributed by atoms with Gasteiger partial charge >= 0.3 is 0 Å². The van der Waals surface area contributed by atoms with Crippen molar-refractivity contribution in [2.24, 2.45) is 0 Å². The quantitative estimate of drug-likeness (QED) is 0.687. The van der Waals surface area contributed by atoms with Crippen molar-refractivity contribution in [3.05, 3.63) is 60.3 Å². The normalized spacial score (nSPS) is 10.2. The molecule has 0 atom stereocenters. The highest BCUT2D eigenvalue weighted by Gasteiger charge is 2.13. The SMILES string of the molecule is O=C(Nc1ncn[nH]1)c1cccnc1Nc1cccc(F)c1. The Morgan fingerprint density at radius 3 is 2.86 bits per heavy atom. The first-order valence-electron chi connectivity index (χ1n) is 6.37. The van der Waals surface area contributed by atoms with Gasteiger partial charge in [-0.05, 0) is 30.3 Å². The van der Waals surface area contributed by atoms with Crippen LogP contribution in [-0.2, 0) is 0 Å². The number of amides is 1. The van der Waals surface area contributed by atoms with Crippen molar-refractivity contribution in [2.75, 3.05) is 10.6 Å². The number of hydrogen-bond donors (Lipinski definition) is 3. The summed E-state index contributed by atoms with van der Waals surface area (Å²) in [6.07, 6.45) is 2.82. The molecule has 0 radical (unpaired) electrons. The van der Waals surface area contributed by atoms with Crippen LogP contribution in [0, 0.1) is 5.82 Å². The maximum absolute atomic E-state index is 13.2. The number of benzene rings is 1. The van der Waals surface area contributed by atoms with Crippen LogP contribution in [0.4, 0.5) is 21.8 Å². The van der Waals surface area contributed by atoms with Gasteiger partial charge in [0.25, 0.3) is 5.91 Å². The minimum Gasteiger partial charge on any atom is -0.339 e. The first kappa shape index (κ1) is 13.7. The molecule has 2 aromatic heterocycles. The molecule has 0 fully saturated rings. The van der Waals surface area contributed by atoms with E-state index in [1.54, 1.807) is 24.3 Å². The van der Waals surface area contributed by atoms with Crippen LogP contribution in [0.5, 0.6) is 0 Å². The lowest BCUT2D eigenvalue weighted by atomic mass is 10.2. The number of nitrogens with zero attached hydrogens (tertiary/aromatic N) is 3. The summed E-state index contributed by atoms with van der Waals surface area (Å²) in [5.74, 6) is -0.256. The van der Waals surface area contributed by atoms with E-state index in [1.807, 2.05) is 0 Å². The van der Waals surface area contributed by atoms with Gasteiger partial charge in [-0.1, -0.05) is 6.07 Å². The van der Waals surface area contributed by atoms with E-state index in [-0.39, 0.29) is 11.8 Å². The van der Waals surface area contributed by atoms with Gasteiger partial charge in [-0.2, -0.15) is 10.1 Å². The van der Waals surface area contributed by atoms with Gasteiger partial charge in [-0.3, -0.25) is 10.1 Å². The third kappa shape index (κ3) is 3.06. The van der Waals surface area contributed by atoms with Gasteiger partial charge in [0, 0.05) is 11.9 Å². The maximum atomic E-state index is 13.2. The number of carbonyl (C=O) groups excluding carboxylic acids is 1. The number of rotatable bonds is 4. The molecule has 22 heavy (non-hydrogen) atoms. The molecule has 0 aliphatic rings. The molecule has 0 aliphatic carbocycles. The zero-order valence-electron chi connectivity index (χ0n) is 11.2. The fourth-order valence-corrected chi connectivity index (χ4v) is 1.83. The van der Waals surface area contributed by atoms with Crippen molar-refractivity contribution in [2.45, 2.75) is 0 Å².